The Hall–Kier alpha value is -1.96. The van der Waals surface area contributed by atoms with Gasteiger partial charge in [-0.1, -0.05) is 4.98 Å². The average Bonchev–Trinajstić information content (AvgIpc) is 3.20. The van der Waals surface area contributed by atoms with Crippen molar-refractivity contribution in [3.63, 3.8) is 0 Å². The van der Waals surface area contributed by atoms with E-state index in [-0.39, 0.29) is 17.1 Å². The van der Waals surface area contributed by atoms with E-state index in [2.05, 4.69) is 29.5 Å². The summed E-state index contributed by atoms with van der Waals surface area (Å²) >= 11 is 0. The number of anilines is 1. The van der Waals surface area contributed by atoms with Crippen LogP contribution < -0.4 is 30.5 Å². The number of phosphoric acid groups is 2. The molecule has 0 aromatic carbocycles. The Morgan fingerprint density at radius 2 is 2.00 bits per heavy atom. The van der Waals surface area contributed by atoms with Crippen molar-refractivity contribution in [3.8, 4) is 12.1 Å². The number of fused-ring (bicyclic) bond motifs is 1. The van der Waals surface area contributed by atoms with E-state index in [1.54, 1.807) is 0 Å². The monoisotopic (exact) mass is 557 g/mol. The van der Waals surface area contributed by atoms with Crippen molar-refractivity contribution in [1.82, 2.24) is 14.5 Å². The molecule has 35 heavy (non-hydrogen) atoms. The number of terminal acetylenes is 1. The van der Waals surface area contributed by atoms with Crippen LogP contribution in [0.3, 0.4) is 0 Å². The van der Waals surface area contributed by atoms with Crippen LogP contribution in [-0.2, 0) is 43.4 Å². The first-order valence-corrected chi connectivity index (χ1v) is 13.7. The largest absolute Gasteiger partial charge is 0.768 e. The van der Waals surface area contributed by atoms with Crippen LogP contribution in [0.2, 0.25) is 0 Å². The van der Waals surface area contributed by atoms with E-state index in [1.807, 2.05) is 0 Å². The molecule has 1 saturated heterocycles. The van der Waals surface area contributed by atoms with E-state index in [1.165, 1.54) is 29.6 Å². The third-order valence-corrected chi connectivity index (χ3v) is 8.65. The molecule has 0 amide bonds. The predicted molar refractivity (Wildman–Crippen MR) is 106 cm³/mol. The van der Waals surface area contributed by atoms with Crippen LogP contribution >= 0.6 is 23.2 Å². The van der Waals surface area contributed by atoms with Crippen LogP contribution in [0.5, 0.6) is 0 Å². The minimum atomic E-state index is -6.00. The standard InChI is InChI=1S/C14H20N5O13P3/c1-4-33(22,23)31-35(26,27)32-34(24,25)29-5-7-9(20)10(28-3)13(30-7)19-6-18(2)8-11(19)16-14(15)17-12(8)21/h1,6-7,9-10,13,20H,5H2,2-3H3,(H5-,15,16,17,21,22,23,24,25,26,27)/p-2/t7-,9?,10+,13-/m1/s1. The first-order valence-electron chi connectivity index (χ1n) is 9.20. The second-order valence-electron chi connectivity index (χ2n) is 6.99. The fourth-order valence-electron chi connectivity index (χ4n) is 3.27. The summed E-state index contributed by atoms with van der Waals surface area (Å²) in [5, 5.41) is 10.5. The Morgan fingerprint density at radius 3 is 2.60 bits per heavy atom. The molecule has 1 aliphatic heterocycles. The molecule has 21 heteroatoms. The number of hydrogen-bond donors (Lipinski definition) is 3. The van der Waals surface area contributed by atoms with Crippen molar-refractivity contribution in [2.75, 3.05) is 19.5 Å². The van der Waals surface area contributed by atoms with E-state index in [0.29, 0.717) is 0 Å². The number of imidazole rings is 1. The lowest BCUT2D eigenvalue weighted by atomic mass is 10.1. The second-order valence-corrected chi connectivity index (χ2v) is 11.6. The van der Waals surface area contributed by atoms with Gasteiger partial charge in [0.05, 0.1) is 13.7 Å². The lowest BCUT2D eigenvalue weighted by Gasteiger charge is -2.33. The summed E-state index contributed by atoms with van der Waals surface area (Å²) in [5.74, 6) is -0.212. The van der Waals surface area contributed by atoms with E-state index < -0.39 is 59.9 Å². The van der Waals surface area contributed by atoms with Gasteiger partial charge in [0, 0.05) is 7.11 Å². The summed E-state index contributed by atoms with van der Waals surface area (Å²) in [6.45, 7) is -0.996. The summed E-state index contributed by atoms with van der Waals surface area (Å²) in [6.07, 6.45) is 0.621. The van der Waals surface area contributed by atoms with Crippen LogP contribution in [0.25, 0.3) is 11.2 Å². The van der Waals surface area contributed by atoms with Gasteiger partial charge in [0.2, 0.25) is 19.3 Å². The Kier molecular flexibility index (Phi) is 7.76. The van der Waals surface area contributed by atoms with Gasteiger partial charge in [-0.15, -0.1) is 6.42 Å². The van der Waals surface area contributed by atoms with Gasteiger partial charge >= 0.3 is 5.65 Å². The van der Waals surface area contributed by atoms with Crippen LogP contribution in [0.1, 0.15) is 6.23 Å². The molecule has 194 valence electrons. The number of rotatable bonds is 9. The van der Waals surface area contributed by atoms with Gasteiger partial charge in [-0.3, -0.25) is 32.4 Å². The maximum Gasteiger partial charge on any atom is 0.313 e. The maximum atomic E-state index is 12.2. The summed E-state index contributed by atoms with van der Waals surface area (Å²) in [4.78, 5) is 53.1. The zero-order valence-electron chi connectivity index (χ0n) is 17.8. The van der Waals surface area contributed by atoms with Crippen molar-refractivity contribution in [2.45, 2.75) is 24.5 Å². The molecule has 0 saturated carbocycles. The van der Waals surface area contributed by atoms with Gasteiger partial charge in [-0.05, 0) is 5.66 Å². The number of aliphatic hydroxyl groups excluding tert-OH is 1. The Labute approximate surface area is 195 Å². The Bertz CT molecular complexity index is 1370. The molecular formula is C14H18N5O13P3-2. The average molecular weight is 557 g/mol. The number of aryl methyl sites for hydroxylation is 1. The van der Waals surface area contributed by atoms with Crippen molar-refractivity contribution < 1.29 is 60.7 Å². The molecule has 1 aliphatic rings. The van der Waals surface area contributed by atoms with E-state index in [9.17, 15) is 38.3 Å². The molecule has 1 fully saturated rings. The first kappa shape index (κ1) is 27.6. The van der Waals surface area contributed by atoms with Crippen LogP contribution in [-0.4, -0.2) is 51.7 Å². The highest BCUT2D eigenvalue weighted by Crippen LogP contribution is 2.62. The van der Waals surface area contributed by atoms with Crippen molar-refractivity contribution in [3.05, 3.63) is 16.7 Å². The molecule has 3 heterocycles. The maximum absolute atomic E-state index is 12.2. The Balaban J connectivity index is 1.79. The molecule has 0 aliphatic carbocycles. The number of H-pyrrole nitrogens is 1. The number of nitrogens with two attached hydrogens (primary N) is 1. The normalized spacial score (nSPS) is 27.7. The highest BCUT2D eigenvalue weighted by molar-refractivity contribution is 7.69. The van der Waals surface area contributed by atoms with E-state index in [4.69, 9.17) is 15.2 Å². The summed E-state index contributed by atoms with van der Waals surface area (Å²) in [6, 6.07) is 0. The van der Waals surface area contributed by atoms with Crippen molar-refractivity contribution in [2.24, 2.45) is 7.05 Å². The van der Waals surface area contributed by atoms with E-state index in [0.717, 1.165) is 5.66 Å². The molecule has 0 radical (unpaired) electrons. The fraction of sp³-hybridized carbons (Fsp3) is 0.500. The fourth-order valence-corrected chi connectivity index (χ4v) is 6.40. The van der Waals surface area contributed by atoms with Gasteiger partial charge < -0.3 is 39.5 Å². The van der Waals surface area contributed by atoms with E-state index >= 15 is 0 Å². The highest BCUT2D eigenvalue weighted by Gasteiger charge is 2.48. The van der Waals surface area contributed by atoms with Gasteiger partial charge in [-0.25, -0.2) is 8.88 Å². The lowest BCUT2D eigenvalue weighted by Crippen LogP contribution is -2.47. The third-order valence-electron chi connectivity index (χ3n) is 4.61. The molecule has 7 atom stereocenters. The molecular weight excluding hydrogens is 539 g/mol. The summed E-state index contributed by atoms with van der Waals surface area (Å²) in [5.41, 5.74) is 6.18. The van der Waals surface area contributed by atoms with Crippen molar-refractivity contribution in [1.29, 1.82) is 0 Å². The number of hydrogen-bond acceptors (Lipinski definition) is 15. The van der Waals surface area contributed by atoms with Crippen LogP contribution in [0.4, 0.5) is 5.95 Å². The number of aromatic amines is 1. The topological polar surface area (TPSA) is 267 Å². The molecule has 18 nitrogen and oxygen atoms in total. The third kappa shape index (κ3) is 6.07. The number of aromatic nitrogens is 4. The summed E-state index contributed by atoms with van der Waals surface area (Å²) in [7, 11) is -14.4. The molecule has 2 aromatic rings. The predicted octanol–water partition coefficient (Wildman–Crippen LogP) is -3.46. The second kappa shape index (κ2) is 9.83. The molecule has 3 rings (SSSR count). The lowest BCUT2D eigenvalue weighted by molar-refractivity contribution is -0.746. The SMILES string of the molecule is C#CP(=O)([O-])OP(=O)([O-])OP(=O)([O-])OC[C@H]1O[C@@H]([n+]2cn(C)c3c(=O)[nH]c(N)nc32)[C@@H](OC)C1O. The number of nitrogens with one attached hydrogen (secondary N) is 1. The quantitative estimate of drug-likeness (QED) is 0.154. The number of phosphoric ester groups is 1. The van der Waals surface area contributed by atoms with Gasteiger partial charge in [0.1, 0.15) is 18.3 Å². The van der Waals surface area contributed by atoms with Crippen LogP contribution in [0.15, 0.2) is 11.1 Å². The molecule has 0 bridgehead atoms. The van der Waals surface area contributed by atoms with Gasteiger partial charge in [0.15, 0.2) is 6.33 Å². The number of nitrogen functional groups attached to an aromatic ring is 1. The minimum absolute atomic E-state index is 0.0485. The molecule has 0 spiro atoms. The van der Waals surface area contributed by atoms with Crippen LogP contribution in [0, 0.1) is 12.1 Å². The zero-order chi connectivity index (χ0) is 26.3. The first-order chi connectivity index (χ1) is 16.1. The Morgan fingerprint density at radius 1 is 1.34 bits per heavy atom. The minimum Gasteiger partial charge on any atom is -0.768 e. The number of methoxy groups -OCH3 is 1. The molecule has 4 N–H and O–H groups in total. The van der Waals surface area contributed by atoms with Gasteiger partial charge in [0.25, 0.3) is 27.2 Å². The van der Waals surface area contributed by atoms with Gasteiger partial charge in [-0.2, -0.15) is 0 Å². The summed E-state index contributed by atoms with van der Waals surface area (Å²) < 4.78 is 59.6. The number of aliphatic hydroxyl groups is 1. The smallest absolute Gasteiger partial charge is 0.313 e. The zero-order valence-corrected chi connectivity index (χ0v) is 20.5. The number of ether oxygens (including phenoxy) is 2. The number of nitrogens with zero attached hydrogens (tertiary/aromatic N) is 3. The molecule has 4 unspecified atom stereocenters. The molecule has 2 aromatic heterocycles. The van der Waals surface area contributed by atoms with Crippen molar-refractivity contribution >= 4 is 40.4 Å². The highest BCUT2D eigenvalue weighted by atomic mass is 31.3.